The Morgan fingerprint density at radius 1 is 1.48 bits per heavy atom. The molecule has 1 rings (SSSR count). The summed E-state index contributed by atoms with van der Waals surface area (Å²) in [5.74, 6) is -1.45. The van der Waals surface area contributed by atoms with Crippen molar-refractivity contribution in [3.8, 4) is 0 Å². The van der Waals surface area contributed by atoms with Gasteiger partial charge in [0.25, 0.3) is 11.6 Å². The number of benzene rings is 1. The second-order valence-electron chi connectivity index (χ2n) is 4.43. The second-order valence-corrected chi connectivity index (χ2v) is 5.23. The highest BCUT2D eigenvalue weighted by molar-refractivity contribution is 9.10. The minimum Gasteiger partial charge on any atom is -0.481 e. The second kappa shape index (κ2) is 7.16. The van der Waals surface area contributed by atoms with Crippen LogP contribution < -0.4 is 0 Å². The van der Waals surface area contributed by atoms with Crippen molar-refractivity contribution in [1.82, 2.24) is 4.90 Å². The first-order chi connectivity index (χ1) is 9.79. The van der Waals surface area contributed by atoms with Crippen LogP contribution in [-0.2, 0) is 4.79 Å². The Labute approximate surface area is 129 Å². The summed E-state index contributed by atoms with van der Waals surface area (Å²) >= 11 is 3.07. The molecule has 1 aromatic carbocycles. The molecule has 21 heavy (non-hydrogen) atoms. The molecule has 1 N–H and O–H groups in total. The maximum atomic E-state index is 12.5. The first-order valence-electron chi connectivity index (χ1n) is 6.25. The average Bonchev–Trinajstić information content (AvgIpc) is 2.38. The van der Waals surface area contributed by atoms with Crippen molar-refractivity contribution in [1.29, 1.82) is 0 Å². The van der Waals surface area contributed by atoms with E-state index in [0.29, 0.717) is 6.54 Å². The predicted molar refractivity (Wildman–Crippen MR) is 79.2 cm³/mol. The number of nitrogens with zero attached hydrogens (tertiary/aromatic N) is 2. The third kappa shape index (κ3) is 4.01. The van der Waals surface area contributed by atoms with Gasteiger partial charge in [0.2, 0.25) is 0 Å². The maximum Gasteiger partial charge on any atom is 0.305 e. The minimum absolute atomic E-state index is 0.0981. The molecule has 0 aliphatic rings. The molecular weight excluding hydrogens is 344 g/mol. The third-order valence-electron chi connectivity index (χ3n) is 3.01. The van der Waals surface area contributed by atoms with E-state index in [4.69, 9.17) is 5.11 Å². The van der Waals surface area contributed by atoms with Gasteiger partial charge in [0.15, 0.2) is 0 Å². The van der Waals surface area contributed by atoms with E-state index in [1.807, 2.05) is 0 Å². The molecule has 8 heteroatoms. The van der Waals surface area contributed by atoms with Crippen molar-refractivity contribution >= 4 is 33.5 Å². The van der Waals surface area contributed by atoms with Crippen molar-refractivity contribution in [2.75, 3.05) is 6.54 Å². The van der Waals surface area contributed by atoms with Gasteiger partial charge in [0.1, 0.15) is 4.47 Å². The molecule has 0 radical (unpaired) electrons. The van der Waals surface area contributed by atoms with Crippen LogP contribution >= 0.6 is 15.9 Å². The van der Waals surface area contributed by atoms with E-state index in [9.17, 15) is 19.7 Å². The summed E-state index contributed by atoms with van der Waals surface area (Å²) < 4.78 is 0.0981. The van der Waals surface area contributed by atoms with E-state index in [2.05, 4.69) is 15.9 Å². The van der Waals surface area contributed by atoms with Crippen LogP contribution in [0.3, 0.4) is 0 Å². The highest BCUT2D eigenvalue weighted by Gasteiger charge is 2.26. The van der Waals surface area contributed by atoms with E-state index in [-0.39, 0.29) is 22.1 Å². The number of hydrogen-bond donors (Lipinski definition) is 1. The van der Waals surface area contributed by atoms with E-state index in [0.717, 1.165) is 0 Å². The summed E-state index contributed by atoms with van der Waals surface area (Å²) in [5, 5.41) is 19.7. The lowest BCUT2D eigenvalue weighted by atomic mass is 10.1. The molecule has 0 spiro atoms. The van der Waals surface area contributed by atoms with Crippen molar-refractivity contribution < 1.29 is 19.6 Å². The van der Waals surface area contributed by atoms with Crippen molar-refractivity contribution in [3.63, 3.8) is 0 Å². The molecule has 1 aromatic rings. The largest absolute Gasteiger partial charge is 0.481 e. The van der Waals surface area contributed by atoms with Gasteiger partial charge in [0, 0.05) is 18.7 Å². The van der Waals surface area contributed by atoms with Gasteiger partial charge in [-0.05, 0) is 35.8 Å². The number of nitro benzene ring substituents is 1. The van der Waals surface area contributed by atoms with Gasteiger partial charge in [-0.2, -0.15) is 0 Å². The molecule has 7 nitrogen and oxygen atoms in total. The highest BCUT2D eigenvalue weighted by atomic mass is 79.9. The Hall–Kier alpha value is -1.96. The number of carboxylic acid groups (broad SMARTS) is 1. The van der Waals surface area contributed by atoms with Crippen molar-refractivity contribution in [3.05, 3.63) is 38.3 Å². The number of carbonyl (C=O) groups excluding carboxylic acids is 1. The SMILES string of the molecule is CCN(C(=O)c1cccc([N+](=O)[O-])c1Br)C(C)CC(=O)O. The summed E-state index contributed by atoms with van der Waals surface area (Å²) in [6, 6.07) is 3.67. The van der Waals surface area contributed by atoms with E-state index in [1.54, 1.807) is 13.8 Å². The van der Waals surface area contributed by atoms with Gasteiger partial charge < -0.3 is 10.0 Å². The molecule has 0 aliphatic heterocycles. The topological polar surface area (TPSA) is 101 Å². The maximum absolute atomic E-state index is 12.5. The number of halogens is 1. The summed E-state index contributed by atoms with van der Waals surface area (Å²) in [6.07, 6.45) is -0.188. The lowest BCUT2D eigenvalue weighted by Crippen LogP contribution is -2.39. The predicted octanol–water partition coefficient (Wildman–Crippen LogP) is 2.68. The molecule has 1 atom stereocenters. The van der Waals surface area contributed by atoms with Gasteiger partial charge in [0.05, 0.1) is 16.9 Å². The van der Waals surface area contributed by atoms with Crippen LogP contribution in [0, 0.1) is 10.1 Å². The van der Waals surface area contributed by atoms with Crippen LogP contribution in [0.2, 0.25) is 0 Å². The van der Waals surface area contributed by atoms with Gasteiger partial charge in [-0.15, -0.1) is 0 Å². The molecule has 0 fully saturated rings. The van der Waals surface area contributed by atoms with E-state index >= 15 is 0 Å². The third-order valence-corrected chi connectivity index (χ3v) is 3.84. The van der Waals surface area contributed by atoms with Crippen LogP contribution in [0.1, 0.15) is 30.6 Å². The molecule has 0 aliphatic carbocycles. The molecule has 0 heterocycles. The number of hydrogen-bond acceptors (Lipinski definition) is 4. The van der Waals surface area contributed by atoms with Gasteiger partial charge >= 0.3 is 5.97 Å². The first kappa shape index (κ1) is 17.1. The number of carbonyl (C=O) groups is 2. The molecule has 114 valence electrons. The van der Waals surface area contributed by atoms with E-state index in [1.165, 1.54) is 23.1 Å². The fourth-order valence-corrected chi connectivity index (χ4v) is 2.58. The molecule has 1 unspecified atom stereocenters. The number of carboxylic acids is 1. The number of rotatable bonds is 6. The highest BCUT2D eigenvalue weighted by Crippen LogP contribution is 2.29. The first-order valence-corrected chi connectivity index (χ1v) is 7.04. The standard InChI is InChI=1S/C13H15BrN2O5/c1-3-15(8(2)7-11(17)18)13(19)9-5-4-6-10(12(9)14)16(20)21/h4-6,8H,3,7H2,1-2H3,(H,17,18). The fraction of sp³-hybridized carbons (Fsp3) is 0.385. The van der Waals surface area contributed by atoms with Gasteiger partial charge in [-0.25, -0.2) is 0 Å². The molecule has 0 saturated heterocycles. The van der Waals surface area contributed by atoms with Crippen LogP contribution in [0.4, 0.5) is 5.69 Å². The molecule has 0 saturated carbocycles. The van der Waals surface area contributed by atoms with Gasteiger partial charge in [-0.1, -0.05) is 6.07 Å². The minimum atomic E-state index is -1.01. The Balaban J connectivity index is 3.14. The Kier molecular flexibility index (Phi) is 5.83. The zero-order valence-electron chi connectivity index (χ0n) is 11.6. The lowest BCUT2D eigenvalue weighted by Gasteiger charge is -2.27. The van der Waals surface area contributed by atoms with Crippen molar-refractivity contribution in [2.24, 2.45) is 0 Å². The Morgan fingerprint density at radius 3 is 2.57 bits per heavy atom. The molecule has 1 amide bonds. The quantitative estimate of drug-likeness (QED) is 0.622. The van der Waals surface area contributed by atoms with Crippen LogP contribution in [-0.4, -0.2) is 39.4 Å². The molecular formula is C13H15BrN2O5. The normalized spacial score (nSPS) is 11.8. The van der Waals surface area contributed by atoms with Crippen LogP contribution in [0.5, 0.6) is 0 Å². The summed E-state index contributed by atoms with van der Waals surface area (Å²) in [7, 11) is 0. The zero-order chi connectivity index (χ0) is 16.2. The van der Waals surface area contributed by atoms with Gasteiger partial charge in [-0.3, -0.25) is 19.7 Å². The van der Waals surface area contributed by atoms with E-state index < -0.39 is 22.8 Å². The summed E-state index contributed by atoms with van der Waals surface area (Å²) in [4.78, 5) is 34.9. The average molecular weight is 359 g/mol. The number of aliphatic carboxylic acids is 1. The monoisotopic (exact) mass is 358 g/mol. The summed E-state index contributed by atoms with van der Waals surface area (Å²) in [5.41, 5.74) is -0.0638. The lowest BCUT2D eigenvalue weighted by molar-refractivity contribution is -0.385. The Morgan fingerprint density at radius 2 is 2.10 bits per heavy atom. The smallest absolute Gasteiger partial charge is 0.305 e. The molecule has 0 aromatic heterocycles. The number of amides is 1. The number of nitro groups is 1. The van der Waals surface area contributed by atoms with Crippen LogP contribution in [0.15, 0.2) is 22.7 Å². The fourth-order valence-electron chi connectivity index (χ4n) is 2.00. The zero-order valence-corrected chi connectivity index (χ0v) is 13.2. The van der Waals surface area contributed by atoms with Crippen molar-refractivity contribution in [2.45, 2.75) is 26.3 Å². The Bertz CT molecular complexity index is 576. The summed E-state index contributed by atoms with van der Waals surface area (Å²) in [6.45, 7) is 3.66. The molecule has 0 bridgehead atoms. The van der Waals surface area contributed by atoms with Crippen LogP contribution in [0.25, 0.3) is 0 Å².